The molecule has 3 N–H and O–H groups in total. The Kier molecular flexibility index (Phi) is 8.44. The second kappa shape index (κ2) is 12.5. The first-order valence-electron chi connectivity index (χ1n) is 12.7. The highest BCUT2D eigenvalue weighted by Gasteiger charge is 2.15. The summed E-state index contributed by atoms with van der Waals surface area (Å²) in [7, 11) is 1.60. The van der Waals surface area contributed by atoms with Crippen LogP contribution in [-0.2, 0) is 16.0 Å². The number of rotatable bonds is 11. The molecule has 204 valence electrons. The highest BCUT2D eigenvalue weighted by molar-refractivity contribution is 5.93. The summed E-state index contributed by atoms with van der Waals surface area (Å²) in [5.41, 5.74) is 1.64. The van der Waals surface area contributed by atoms with Gasteiger partial charge in [-0.1, -0.05) is 6.07 Å². The van der Waals surface area contributed by atoms with E-state index in [2.05, 4.69) is 35.7 Å². The Morgan fingerprint density at radius 1 is 1.15 bits per heavy atom. The van der Waals surface area contributed by atoms with Gasteiger partial charge in [-0.3, -0.25) is 14.8 Å². The maximum Gasteiger partial charge on any atom is 0.230 e. The quantitative estimate of drug-likeness (QED) is 0.247. The number of H-pyrrole nitrogens is 1. The topological polar surface area (TPSA) is 127 Å². The van der Waals surface area contributed by atoms with E-state index >= 15 is 0 Å². The summed E-state index contributed by atoms with van der Waals surface area (Å²) in [5, 5.41) is 13.7. The van der Waals surface area contributed by atoms with Gasteiger partial charge in [0.15, 0.2) is 17.3 Å². The van der Waals surface area contributed by atoms with Crippen molar-refractivity contribution >= 4 is 34.1 Å². The predicted molar refractivity (Wildman–Crippen MR) is 144 cm³/mol. The van der Waals surface area contributed by atoms with Crippen LogP contribution in [0.3, 0.4) is 0 Å². The molecule has 0 saturated carbocycles. The van der Waals surface area contributed by atoms with Crippen LogP contribution >= 0.6 is 0 Å². The van der Waals surface area contributed by atoms with Crippen LogP contribution in [0.25, 0.3) is 10.9 Å². The number of hydrogen-bond acceptors (Lipinski definition) is 9. The molecule has 2 aromatic heterocycles. The van der Waals surface area contributed by atoms with Gasteiger partial charge in [-0.2, -0.15) is 5.10 Å². The average Bonchev–Trinajstić information content (AvgIpc) is 3.37. The monoisotopic (exact) mass is 535 g/mol. The second-order valence-electron chi connectivity index (χ2n) is 9.04. The molecule has 39 heavy (non-hydrogen) atoms. The zero-order chi connectivity index (χ0) is 27.0. The van der Waals surface area contributed by atoms with E-state index in [1.807, 2.05) is 12.1 Å². The van der Waals surface area contributed by atoms with E-state index in [9.17, 15) is 9.18 Å². The van der Waals surface area contributed by atoms with Crippen molar-refractivity contribution in [1.82, 2.24) is 25.1 Å². The summed E-state index contributed by atoms with van der Waals surface area (Å²) in [6.45, 7) is 4.91. The lowest BCUT2D eigenvalue weighted by Gasteiger charge is -2.26. The molecule has 0 atom stereocenters. The summed E-state index contributed by atoms with van der Waals surface area (Å²) in [6.07, 6.45) is 2.36. The number of anilines is 3. The molecule has 1 fully saturated rings. The number of aromatic amines is 1. The number of fused-ring (bicyclic) bond motifs is 1. The summed E-state index contributed by atoms with van der Waals surface area (Å²) >= 11 is 0. The minimum Gasteiger partial charge on any atom is -0.493 e. The smallest absolute Gasteiger partial charge is 0.230 e. The summed E-state index contributed by atoms with van der Waals surface area (Å²) in [5.74, 6) is 1.48. The lowest BCUT2D eigenvalue weighted by atomic mass is 10.2. The number of methoxy groups -OCH3 is 1. The normalized spacial score (nSPS) is 13.8. The number of carbonyl (C=O) groups is 1. The Labute approximate surface area is 224 Å². The van der Waals surface area contributed by atoms with Gasteiger partial charge in [-0.25, -0.2) is 14.4 Å². The maximum atomic E-state index is 13.4. The lowest BCUT2D eigenvalue weighted by Crippen LogP contribution is -2.37. The lowest BCUT2D eigenvalue weighted by molar-refractivity contribution is -0.115. The van der Waals surface area contributed by atoms with Gasteiger partial charge in [0.2, 0.25) is 5.91 Å². The van der Waals surface area contributed by atoms with Gasteiger partial charge >= 0.3 is 0 Å². The van der Waals surface area contributed by atoms with E-state index in [0.29, 0.717) is 46.6 Å². The van der Waals surface area contributed by atoms with Gasteiger partial charge in [0, 0.05) is 48.5 Å². The third kappa shape index (κ3) is 6.98. The van der Waals surface area contributed by atoms with E-state index in [4.69, 9.17) is 14.2 Å². The van der Waals surface area contributed by atoms with E-state index in [1.54, 1.807) is 19.2 Å². The van der Waals surface area contributed by atoms with E-state index in [-0.39, 0.29) is 12.3 Å². The average molecular weight is 536 g/mol. The maximum absolute atomic E-state index is 13.4. The molecule has 1 aliphatic heterocycles. The fourth-order valence-electron chi connectivity index (χ4n) is 4.31. The highest BCUT2D eigenvalue weighted by Crippen LogP contribution is 2.34. The molecular formula is C27H30FN7O4. The van der Waals surface area contributed by atoms with Gasteiger partial charge in [0.1, 0.15) is 18.0 Å². The molecule has 12 heteroatoms. The van der Waals surface area contributed by atoms with Crippen molar-refractivity contribution in [2.75, 3.05) is 57.2 Å². The third-order valence-electron chi connectivity index (χ3n) is 6.24. The molecule has 2 aromatic carbocycles. The SMILES string of the molecule is COc1cc2ncnc(Nc3cc(CC(=O)Nc4cccc(F)c4)[nH]n3)c2cc1OCCCN1CCOCC1. The second-order valence-corrected chi connectivity index (χ2v) is 9.04. The standard InChI is InChI=1S/C27H30FN7O4/c1-37-23-16-22-21(15-24(23)39-9-3-6-35-7-10-38-11-8-35)27(30-17-29-22)32-25-13-20(33-34-25)14-26(36)31-19-5-2-4-18(28)12-19/h2,4-5,12-13,15-17H,3,6-11,14H2,1H3,(H,31,36)(H2,29,30,32,33,34). The molecule has 0 aliphatic carbocycles. The fourth-order valence-corrected chi connectivity index (χ4v) is 4.31. The molecule has 0 radical (unpaired) electrons. The minimum absolute atomic E-state index is 0.0371. The number of amides is 1. The van der Waals surface area contributed by atoms with E-state index < -0.39 is 5.82 Å². The van der Waals surface area contributed by atoms with Crippen LogP contribution in [0.5, 0.6) is 11.5 Å². The van der Waals surface area contributed by atoms with Gasteiger partial charge in [0.25, 0.3) is 0 Å². The Hall–Kier alpha value is -4.29. The molecule has 4 aromatic rings. The number of benzene rings is 2. The molecule has 5 rings (SSSR count). The Bertz CT molecular complexity index is 1420. The fraction of sp³-hybridized carbons (Fsp3) is 0.333. The number of aromatic nitrogens is 4. The van der Waals surface area contributed by atoms with Crippen LogP contribution in [0.4, 0.5) is 21.7 Å². The molecule has 0 spiro atoms. The molecule has 3 heterocycles. The Balaban J connectivity index is 1.24. The minimum atomic E-state index is -0.419. The molecular weight excluding hydrogens is 505 g/mol. The summed E-state index contributed by atoms with van der Waals surface area (Å²) < 4.78 is 30.4. The Morgan fingerprint density at radius 2 is 2.03 bits per heavy atom. The molecule has 1 aliphatic rings. The van der Waals surface area contributed by atoms with Gasteiger partial charge in [-0.05, 0) is 30.7 Å². The molecule has 1 saturated heterocycles. The van der Waals surface area contributed by atoms with E-state index in [0.717, 1.165) is 44.7 Å². The third-order valence-corrected chi connectivity index (χ3v) is 6.24. The van der Waals surface area contributed by atoms with Crippen LogP contribution in [0.2, 0.25) is 0 Å². The van der Waals surface area contributed by atoms with Crippen LogP contribution in [0, 0.1) is 5.82 Å². The number of morpholine rings is 1. The predicted octanol–water partition coefficient (Wildman–Crippen LogP) is 3.53. The Morgan fingerprint density at radius 3 is 2.85 bits per heavy atom. The summed E-state index contributed by atoms with van der Waals surface area (Å²) in [4.78, 5) is 23.5. The van der Waals surface area contributed by atoms with Crippen molar-refractivity contribution in [2.45, 2.75) is 12.8 Å². The van der Waals surface area contributed by atoms with Crippen molar-refractivity contribution in [3.63, 3.8) is 0 Å². The number of carbonyl (C=O) groups excluding carboxylic acids is 1. The van der Waals surface area contributed by atoms with Crippen molar-refractivity contribution in [2.24, 2.45) is 0 Å². The largest absolute Gasteiger partial charge is 0.493 e. The van der Waals surface area contributed by atoms with Crippen molar-refractivity contribution < 1.29 is 23.4 Å². The number of hydrogen-bond donors (Lipinski definition) is 3. The zero-order valence-corrected chi connectivity index (χ0v) is 21.6. The van der Waals surface area contributed by atoms with E-state index in [1.165, 1.54) is 24.5 Å². The number of halogens is 1. The first kappa shape index (κ1) is 26.3. The molecule has 0 unspecified atom stereocenters. The van der Waals surface area contributed by atoms with Gasteiger partial charge in [0.05, 0.1) is 38.9 Å². The van der Waals surface area contributed by atoms with Crippen molar-refractivity contribution in [3.8, 4) is 11.5 Å². The number of nitrogens with zero attached hydrogens (tertiary/aromatic N) is 4. The molecule has 0 bridgehead atoms. The molecule has 11 nitrogen and oxygen atoms in total. The van der Waals surface area contributed by atoms with Gasteiger partial charge in [-0.15, -0.1) is 0 Å². The number of nitrogens with one attached hydrogen (secondary N) is 3. The van der Waals surface area contributed by atoms with Gasteiger partial charge < -0.3 is 24.8 Å². The van der Waals surface area contributed by atoms with Crippen LogP contribution in [0.1, 0.15) is 12.1 Å². The first-order chi connectivity index (χ1) is 19.1. The van der Waals surface area contributed by atoms with Crippen molar-refractivity contribution in [3.05, 3.63) is 60.3 Å². The number of ether oxygens (including phenoxy) is 3. The van der Waals surface area contributed by atoms with Crippen molar-refractivity contribution in [1.29, 1.82) is 0 Å². The zero-order valence-electron chi connectivity index (χ0n) is 21.6. The first-order valence-corrected chi connectivity index (χ1v) is 12.7. The van der Waals surface area contributed by atoms with Crippen LogP contribution < -0.4 is 20.1 Å². The van der Waals surface area contributed by atoms with Crippen LogP contribution in [-0.4, -0.2) is 77.5 Å². The summed E-state index contributed by atoms with van der Waals surface area (Å²) in [6, 6.07) is 11.1. The highest BCUT2D eigenvalue weighted by atomic mass is 19.1. The molecule has 1 amide bonds. The van der Waals surface area contributed by atoms with Crippen LogP contribution in [0.15, 0.2) is 48.8 Å².